The van der Waals surface area contributed by atoms with E-state index >= 15 is 0 Å². The first-order valence-corrected chi connectivity index (χ1v) is 6.48. The molecular formula is C16H17FN2O. The minimum Gasteiger partial charge on any atom is -0.396 e. The van der Waals surface area contributed by atoms with Crippen molar-refractivity contribution in [2.75, 3.05) is 11.1 Å². The highest BCUT2D eigenvalue weighted by molar-refractivity contribution is 6.08. The predicted octanol–water partition coefficient (Wildman–Crippen LogP) is 3.53. The molecule has 0 fully saturated rings. The van der Waals surface area contributed by atoms with Gasteiger partial charge in [-0.1, -0.05) is 31.2 Å². The first-order valence-electron chi connectivity index (χ1n) is 6.48. The average Bonchev–Trinajstić information content (AvgIpc) is 2.44. The van der Waals surface area contributed by atoms with Crippen molar-refractivity contribution in [2.45, 2.75) is 20.3 Å². The normalized spacial score (nSPS) is 10.3. The van der Waals surface area contributed by atoms with E-state index in [4.69, 9.17) is 5.73 Å². The maximum atomic E-state index is 13.4. The highest BCUT2D eigenvalue weighted by atomic mass is 19.1. The van der Waals surface area contributed by atoms with Gasteiger partial charge in [0.2, 0.25) is 0 Å². The zero-order chi connectivity index (χ0) is 14.7. The summed E-state index contributed by atoms with van der Waals surface area (Å²) in [6.45, 7) is 3.94. The van der Waals surface area contributed by atoms with E-state index in [1.54, 1.807) is 0 Å². The maximum Gasteiger partial charge on any atom is 0.257 e. The van der Waals surface area contributed by atoms with Gasteiger partial charge in [0, 0.05) is 5.69 Å². The van der Waals surface area contributed by atoms with Gasteiger partial charge >= 0.3 is 0 Å². The van der Waals surface area contributed by atoms with E-state index in [1.165, 1.54) is 18.2 Å². The van der Waals surface area contributed by atoms with Crippen LogP contribution in [-0.4, -0.2) is 5.91 Å². The minimum absolute atomic E-state index is 0.128. The zero-order valence-electron chi connectivity index (χ0n) is 11.5. The van der Waals surface area contributed by atoms with Crippen molar-refractivity contribution in [3.63, 3.8) is 0 Å². The van der Waals surface area contributed by atoms with E-state index in [2.05, 4.69) is 5.32 Å². The largest absolute Gasteiger partial charge is 0.396 e. The lowest BCUT2D eigenvalue weighted by Gasteiger charge is -2.14. The van der Waals surface area contributed by atoms with Crippen LogP contribution in [0.4, 0.5) is 15.8 Å². The molecule has 0 aliphatic rings. The quantitative estimate of drug-likeness (QED) is 0.840. The van der Waals surface area contributed by atoms with E-state index in [-0.39, 0.29) is 11.3 Å². The van der Waals surface area contributed by atoms with Crippen molar-refractivity contribution < 1.29 is 9.18 Å². The average molecular weight is 272 g/mol. The Hall–Kier alpha value is -2.36. The second kappa shape index (κ2) is 5.74. The molecule has 0 spiro atoms. The Kier molecular flexibility index (Phi) is 4.03. The number of benzene rings is 2. The number of anilines is 2. The van der Waals surface area contributed by atoms with Crippen LogP contribution in [0.15, 0.2) is 36.4 Å². The third-order valence-corrected chi connectivity index (χ3v) is 3.28. The lowest BCUT2D eigenvalue weighted by Crippen LogP contribution is -2.16. The fraction of sp³-hybridized carbons (Fsp3) is 0.188. The summed E-state index contributed by atoms with van der Waals surface area (Å²) in [5.41, 5.74) is 8.40. The van der Waals surface area contributed by atoms with Crippen LogP contribution in [-0.2, 0) is 6.42 Å². The van der Waals surface area contributed by atoms with Gasteiger partial charge in [0.15, 0.2) is 0 Å². The van der Waals surface area contributed by atoms with Gasteiger partial charge in [0.1, 0.15) is 5.82 Å². The van der Waals surface area contributed by atoms with E-state index in [1.807, 2.05) is 32.0 Å². The van der Waals surface area contributed by atoms with E-state index in [9.17, 15) is 9.18 Å². The molecule has 4 heteroatoms. The van der Waals surface area contributed by atoms with Crippen LogP contribution in [0.5, 0.6) is 0 Å². The first kappa shape index (κ1) is 14.1. The monoisotopic (exact) mass is 272 g/mol. The van der Waals surface area contributed by atoms with Gasteiger partial charge in [-0.3, -0.25) is 4.79 Å². The molecule has 0 aromatic heterocycles. The zero-order valence-corrected chi connectivity index (χ0v) is 11.5. The highest BCUT2D eigenvalue weighted by Crippen LogP contribution is 2.23. The number of carbonyl (C=O) groups excluding carboxylic acids is 1. The third kappa shape index (κ3) is 2.64. The molecule has 2 rings (SSSR count). The third-order valence-electron chi connectivity index (χ3n) is 3.28. The van der Waals surface area contributed by atoms with Crippen molar-refractivity contribution >= 4 is 17.3 Å². The molecule has 0 bridgehead atoms. The van der Waals surface area contributed by atoms with Crippen molar-refractivity contribution in [1.82, 2.24) is 0 Å². The molecule has 0 saturated heterocycles. The van der Waals surface area contributed by atoms with Gasteiger partial charge in [-0.15, -0.1) is 0 Å². The molecule has 0 atom stereocenters. The van der Waals surface area contributed by atoms with E-state index in [0.29, 0.717) is 0 Å². The van der Waals surface area contributed by atoms with Crippen LogP contribution in [0.3, 0.4) is 0 Å². The van der Waals surface area contributed by atoms with Crippen LogP contribution in [0, 0.1) is 12.7 Å². The minimum atomic E-state index is -0.585. The molecule has 0 saturated carbocycles. The standard InChI is InChI=1S/C16H17FN2O/c1-3-11-7-4-6-10(2)15(11)19-16(20)12-8-5-9-13(17)14(12)18/h4-9H,3,18H2,1-2H3,(H,19,20). The van der Waals surface area contributed by atoms with Crippen LogP contribution in [0.2, 0.25) is 0 Å². The number of halogens is 1. The molecule has 0 heterocycles. The molecule has 20 heavy (non-hydrogen) atoms. The molecular weight excluding hydrogens is 255 g/mol. The topological polar surface area (TPSA) is 55.1 Å². The van der Waals surface area contributed by atoms with Gasteiger partial charge in [-0.2, -0.15) is 0 Å². The number of nitrogens with one attached hydrogen (secondary N) is 1. The summed E-state index contributed by atoms with van der Waals surface area (Å²) in [7, 11) is 0. The number of nitrogens with two attached hydrogens (primary N) is 1. The number of hydrogen-bond donors (Lipinski definition) is 2. The van der Waals surface area contributed by atoms with Crippen molar-refractivity contribution in [1.29, 1.82) is 0 Å². The molecule has 2 aromatic carbocycles. The van der Waals surface area contributed by atoms with Gasteiger partial charge in [0.25, 0.3) is 5.91 Å². The molecule has 104 valence electrons. The predicted molar refractivity (Wildman–Crippen MR) is 79.3 cm³/mol. The summed E-state index contributed by atoms with van der Waals surface area (Å²) in [6, 6.07) is 10.0. The Morgan fingerprint density at radius 2 is 1.95 bits per heavy atom. The number of hydrogen-bond acceptors (Lipinski definition) is 2. The second-order valence-electron chi connectivity index (χ2n) is 4.62. The molecule has 0 aliphatic heterocycles. The molecule has 0 aliphatic carbocycles. The van der Waals surface area contributed by atoms with Crippen LogP contribution in [0.25, 0.3) is 0 Å². The van der Waals surface area contributed by atoms with Gasteiger partial charge in [-0.25, -0.2) is 4.39 Å². The Morgan fingerprint density at radius 3 is 2.65 bits per heavy atom. The Balaban J connectivity index is 2.35. The lowest BCUT2D eigenvalue weighted by molar-refractivity contribution is 0.102. The maximum absolute atomic E-state index is 13.4. The van der Waals surface area contributed by atoms with Crippen LogP contribution < -0.4 is 11.1 Å². The van der Waals surface area contributed by atoms with Crippen molar-refractivity contribution in [2.24, 2.45) is 0 Å². The molecule has 3 N–H and O–H groups in total. The Morgan fingerprint density at radius 1 is 1.25 bits per heavy atom. The number of carbonyl (C=O) groups is 1. The van der Waals surface area contributed by atoms with Gasteiger partial charge < -0.3 is 11.1 Å². The molecule has 0 unspecified atom stereocenters. The van der Waals surface area contributed by atoms with Crippen LogP contribution in [0.1, 0.15) is 28.4 Å². The van der Waals surface area contributed by atoms with Crippen molar-refractivity contribution in [3.05, 3.63) is 58.9 Å². The first-order chi connectivity index (χ1) is 9.54. The summed E-state index contributed by atoms with van der Waals surface area (Å²) in [5.74, 6) is -0.982. The van der Waals surface area contributed by atoms with Crippen molar-refractivity contribution in [3.8, 4) is 0 Å². The SMILES string of the molecule is CCc1cccc(C)c1NC(=O)c1cccc(F)c1N. The summed E-state index contributed by atoms with van der Waals surface area (Å²) >= 11 is 0. The van der Waals surface area contributed by atoms with Gasteiger partial charge in [0.05, 0.1) is 11.3 Å². The summed E-state index contributed by atoms with van der Waals surface area (Å²) in [4.78, 5) is 12.2. The molecule has 0 radical (unpaired) electrons. The number of nitrogen functional groups attached to an aromatic ring is 1. The molecule has 2 aromatic rings. The Labute approximate surface area is 117 Å². The number of rotatable bonds is 3. The summed E-state index contributed by atoms with van der Waals surface area (Å²) < 4.78 is 13.4. The summed E-state index contributed by atoms with van der Waals surface area (Å²) in [5, 5.41) is 2.83. The smallest absolute Gasteiger partial charge is 0.257 e. The molecule has 3 nitrogen and oxygen atoms in total. The highest BCUT2D eigenvalue weighted by Gasteiger charge is 2.14. The lowest BCUT2D eigenvalue weighted by atomic mass is 10.0. The van der Waals surface area contributed by atoms with Gasteiger partial charge in [-0.05, 0) is 36.6 Å². The van der Waals surface area contributed by atoms with E-state index in [0.717, 1.165) is 23.2 Å². The Bertz CT molecular complexity index is 653. The second-order valence-corrected chi connectivity index (χ2v) is 4.62. The number of para-hydroxylation sites is 2. The fourth-order valence-electron chi connectivity index (χ4n) is 2.12. The van der Waals surface area contributed by atoms with E-state index < -0.39 is 11.7 Å². The molecule has 1 amide bonds. The fourth-order valence-corrected chi connectivity index (χ4v) is 2.12. The summed E-state index contributed by atoms with van der Waals surface area (Å²) in [6.07, 6.45) is 0.802. The van der Waals surface area contributed by atoms with Crippen LogP contribution >= 0.6 is 0 Å². The number of aryl methyl sites for hydroxylation is 2. The number of amides is 1.